The van der Waals surface area contributed by atoms with Crippen molar-refractivity contribution in [1.29, 1.82) is 0 Å². The summed E-state index contributed by atoms with van der Waals surface area (Å²) in [7, 11) is 0. The number of allylic oxidation sites excluding steroid dienone is 1. The zero-order valence-electron chi connectivity index (χ0n) is 25.4. The van der Waals surface area contributed by atoms with Gasteiger partial charge in [-0.2, -0.15) is 4.57 Å². The molecule has 0 unspecified atom stereocenters. The summed E-state index contributed by atoms with van der Waals surface area (Å²) in [6.45, 7) is 0.715. The van der Waals surface area contributed by atoms with Crippen LogP contribution in [0.4, 0.5) is 10.8 Å². The lowest BCUT2D eigenvalue weighted by Crippen LogP contribution is -2.71. The lowest BCUT2D eigenvalue weighted by atomic mass is 10.0. The van der Waals surface area contributed by atoms with Crippen molar-refractivity contribution < 1.29 is 44.0 Å². The number of phenols is 1. The first-order valence-electron chi connectivity index (χ1n) is 14.7. The number of aliphatic carboxylic acids is 1. The Bertz CT molecular complexity index is 1960. The molecule has 2 atom stereocenters. The number of carbonyl (C=O) groups is 5. The van der Waals surface area contributed by atoms with Crippen molar-refractivity contribution in [3.8, 4) is 5.75 Å². The molecule has 0 aliphatic carbocycles. The molecule has 1 aromatic carbocycles. The number of nitrogens with zero attached hydrogens (tertiary/aromatic N) is 5. The monoisotopic (exact) mass is 704 g/mol. The summed E-state index contributed by atoms with van der Waals surface area (Å²) < 4.78 is 1.67. The number of amides is 4. The summed E-state index contributed by atoms with van der Waals surface area (Å²) in [6, 6.07) is 8.71. The molecule has 0 saturated carbocycles. The Morgan fingerprint density at radius 2 is 1.98 bits per heavy atom. The highest BCUT2D eigenvalue weighted by atomic mass is 32.2. The Morgan fingerprint density at radius 3 is 2.65 bits per heavy atom. The quantitative estimate of drug-likeness (QED) is 0.0442. The number of benzene rings is 1. The van der Waals surface area contributed by atoms with Crippen LogP contribution >= 0.6 is 23.1 Å². The highest BCUT2D eigenvalue weighted by molar-refractivity contribution is 8.00. The fraction of sp³-hybridized carbons (Fsp3) is 0.226. The summed E-state index contributed by atoms with van der Waals surface area (Å²) in [4.78, 5) is 70.3. The van der Waals surface area contributed by atoms with Crippen molar-refractivity contribution in [1.82, 2.24) is 20.1 Å². The van der Waals surface area contributed by atoms with Crippen LogP contribution in [0, 0.1) is 0 Å². The number of carboxylic acid groups (broad SMARTS) is 1. The van der Waals surface area contributed by atoms with Gasteiger partial charge in [0.2, 0.25) is 12.5 Å². The average Bonchev–Trinajstić information content (AvgIpc) is 3.65. The van der Waals surface area contributed by atoms with Crippen LogP contribution in [0.3, 0.4) is 0 Å². The maximum absolute atomic E-state index is 13.3. The van der Waals surface area contributed by atoms with Crippen LogP contribution in [0.15, 0.2) is 82.2 Å². The normalized spacial score (nSPS) is 19.9. The van der Waals surface area contributed by atoms with Gasteiger partial charge in [-0.25, -0.2) is 4.98 Å². The van der Waals surface area contributed by atoms with E-state index in [9.17, 15) is 39.4 Å². The first-order chi connectivity index (χ1) is 23.5. The topological polar surface area (TPSA) is 235 Å². The SMILES string of the molecule is Nc1nc(/C(=N/O)C(=O)N[C@@H]2C(=O)N3C(C(=O)[O-])=C(/C=C4\CCN(Cc5cc[n+](CC(=O)Nc6cccc(O)c6)cc5)C4=O)CS[C@H]23)cs1. The number of nitrogens with two attached hydrogens (primary N) is 1. The van der Waals surface area contributed by atoms with E-state index >= 15 is 0 Å². The Labute approximate surface area is 286 Å². The third-order valence-electron chi connectivity index (χ3n) is 7.91. The molecule has 5 heterocycles. The predicted octanol–water partition coefficient (Wildman–Crippen LogP) is -0.702. The van der Waals surface area contributed by atoms with Crippen molar-refractivity contribution in [3.63, 3.8) is 0 Å². The summed E-state index contributed by atoms with van der Waals surface area (Å²) in [5, 5.41) is 40.1. The number of nitrogen functional groups attached to an aromatic ring is 1. The molecular weight excluding hydrogens is 677 g/mol. The van der Waals surface area contributed by atoms with E-state index in [-0.39, 0.29) is 58.5 Å². The van der Waals surface area contributed by atoms with Crippen LogP contribution in [-0.2, 0) is 37.1 Å². The number of phenolic OH excluding ortho intramolecular Hbond substituents is 1. The molecule has 0 radical (unpaired) electrons. The van der Waals surface area contributed by atoms with Gasteiger partial charge in [-0.05, 0) is 35.8 Å². The minimum atomic E-state index is -1.60. The molecule has 252 valence electrons. The molecule has 18 heteroatoms. The number of likely N-dealkylation sites (tertiary alicyclic amines) is 1. The summed E-state index contributed by atoms with van der Waals surface area (Å²) >= 11 is 2.23. The number of anilines is 2. The second-order valence-electron chi connectivity index (χ2n) is 11.2. The van der Waals surface area contributed by atoms with Gasteiger partial charge >= 0.3 is 0 Å². The van der Waals surface area contributed by atoms with Crippen LogP contribution in [0.25, 0.3) is 0 Å². The van der Waals surface area contributed by atoms with Crippen LogP contribution in [0.2, 0.25) is 0 Å². The number of aromatic hydroxyl groups is 1. The number of hydrogen-bond donors (Lipinski definition) is 5. The van der Waals surface area contributed by atoms with Gasteiger partial charge in [-0.1, -0.05) is 11.2 Å². The molecule has 0 bridgehead atoms. The smallest absolute Gasteiger partial charge is 0.290 e. The van der Waals surface area contributed by atoms with E-state index in [1.54, 1.807) is 46.1 Å². The Hall–Kier alpha value is -5.75. The highest BCUT2D eigenvalue weighted by Crippen LogP contribution is 2.41. The lowest BCUT2D eigenvalue weighted by molar-refractivity contribution is -0.684. The fourth-order valence-electron chi connectivity index (χ4n) is 5.59. The molecule has 2 aromatic heterocycles. The van der Waals surface area contributed by atoms with Crippen molar-refractivity contribution in [2.45, 2.75) is 30.9 Å². The molecule has 4 amide bonds. The molecular formula is C31H28N8O8S2. The van der Waals surface area contributed by atoms with Gasteiger partial charge in [0, 0.05) is 53.7 Å². The number of β-lactam (4-membered cyclic amide) rings is 1. The van der Waals surface area contributed by atoms with Gasteiger partial charge in [0.1, 0.15) is 22.9 Å². The van der Waals surface area contributed by atoms with E-state index < -0.39 is 34.9 Å². The molecule has 2 fully saturated rings. The van der Waals surface area contributed by atoms with E-state index in [0.29, 0.717) is 24.2 Å². The summed E-state index contributed by atoms with van der Waals surface area (Å²) in [6.07, 6.45) is 5.28. The molecule has 6 N–H and O–H groups in total. The van der Waals surface area contributed by atoms with E-state index in [2.05, 4.69) is 20.8 Å². The molecule has 3 aliphatic rings. The largest absolute Gasteiger partial charge is 0.543 e. The van der Waals surface area contributed by atoms with E-state index in [1.807, 2.05) is 0 Å². The Morgan fingerprint density at radius 1 is 1.20 bits per heavy atom. The number of thioether (sulfide) groups is 1. The number of carbonyl (C=O) groups excluding carboxylic acids is 5. The zero-order chi connectivity index (χ0) is 34.8. The number of carboxylic acids is 1. The van der Waals surface area contributed by atoms with Crippen molar-refractivity contribution in [2.75, 3.05) is 23.3 Å². The highest BCUT2D eigenvalue weighted by Gasteiger charge is 2.53. The van der Waals surface area contributed by atoms with Crippen LogP contribution < -0.4 is 26.0 Å². The van der Waals surface area contributed by atoms with Gasteiger partial charge in [-0.3, -0.25) is 24.1 Å². The maximum atomic E-state index is 13.3. The molecule has 3 aliphatic heterocycles. The Balaban J connectivity index is 1.08. The van der Waals surface area contributed by atoms with Gasteiger partial charge in [0.15, 0.2) is 23.2 Å². The average molecular weight is 705 g/mol. The van der Waals surface area contributed by atoms with Gasteiger partial charge < -0.3 is 41.5 Å². The lowest BCUT2D eigenvalue weighted by Gasteiger charge is -2.50. The van der Waals surface area contributed by atoms with E-state index in [4.69, 9.17) is 5.73 Å². The number of pyridine rings is 1. The standard InChI is InChI=1S/C31H28N8O8S2/c32-31-34-21(15-49-31)23(36-47)26(42)35-24-28(44)39-25(30(45)46)18(14-48-29(24)39)10-17-6-9-38(27(17)43)12-16-4-7-37(8-5-16)13-22(41)33-19-2-1-3-20(40)11-19/h1-5,7-8,10-11,15,24,29H,6,9,12-14H2,(H6-,32,33,34,35,40,41,42,45,46,47)/b17-10+/t24-,29-/m1/s1. The molecule has 49 heavy (non-hydrogen) atoms. The Kier molecular flexibility index (Phi) is 9.32. The van der Waals surface area contributed by atoms with Crippen molar-refractivity contribution >= 4 is 69.2 Å². The number of rotatable bonds is 10. The number of hydrogen-bond acceptors (Lipinski definition) is 13. The third kappa shape index (κ3) is 6.95. The number of thiazole rings is 1. The van der Waals surface area contributed by atoms with Gasteiger partial charge in [0.05, 0.1) is 11.7 Å². The first-order valence-corrected chi connectivity index (χ1v) is 16.7. The molecule has 2 saturated heterocycles. The minimum Gasteiger partial charge on any atom is -0.543 e. The van der Waals surface area contributed by atoms with Crippen molar-refractivity contribution in [2.24, 2.45) is 5.16 Å². The molecule has 6 rings (SSSR count). The molecule has 3 aromatic rings. The van der Waals surface area contributed by atoms with Crippen LogP contribution in [-0.4, -0.2) is 84.1 Å². The first kappa shape index (κ1) is 33.2. The van der Waals surface area contributed by atoms with E-state index in [0.717, 1.165) is 21.8 Å². The van der Waals surface area contributed by atoms with Gasteiger partial charge in [0.25, 0.3) is 17.7 Å². The van der Waals surface area contributed by atoms with Crippen molar-refractivity contribution in [3.05, 3.63) is 88.3 Å². The third-order valence-corrected chi connectivity index (χ3v) is 9.88. The number of aromatic nitrogens is 2. The fourth-order valence-corrected chi connectivity index (χ4v) is 7.45. The minimum absolute atomic E-state index is 0.0181. The zero-order valence-corrected chi connectivity index (χ0v) is 27.1. The van der Waals surface area contributed by atoms with E-state index in [1.165, 1.54) is 35.4 Å². The second kappa shape index (κ2) is 13.8. The number of oxime groups is 1. The summed E-state index contributed by atoms with van der Waals surface area (Å²) in [5.41, 5.74) is 6.69. The second-order valence-corrected chi connectivity index (χ2v) is 13.2. The predicted molar refractivity (Wildman–Crippen MR) is 173 cm³/mol. The number of fused-ring (bicyclic) bond motifs is 1. The molecule has 0 spiro atoms. The number of nitrogens with one attached hydrogen (secondary N) is 2. The maximum Gasteiger partial charge on any atom is 0.290 e. The van der Waals surface area contributed by atoms with Crippen LogP contribution in [0.5, 0.6) is 5.75 Å². The van der Waals surface area contributed by atoms with Gasteiger partial charge in [-0.15, -0.1) is 23.1 Å². The summed E-state index contributed by atoms with van der Waals surface area (Å²) in [5.74, 6) is -3.58. The van der Waals surface area contributed by atoms with Crippen LogP contribution in [0.1, 0.15) is 17.7 Å². The molecule has 16 nitrogen and oxygen atoms in total.